The Bertz CT molecular complexity index is 748. The molecule has 1 heterocycles. The van der Waals surface area contributed by atoms with Gasteiger partial charge in [0.15, 0.2) is 4.90 Å². The second-order valence-corrected chi connectivity index (χ2v) is 11.3. The standard InChI is InChI=1S/C23H35N3O4S/c1-30-19-6-2-17(3-7-19)25-18-4-8-20(9-5-18)31(29)23(21(27)26-28)11-10-22(16-23)12-14-24-15-13-22/h4-5,8-9,17,19,24-25,28H,2-3,6-7,10-16H2,1H3,(H,26,27). The minimum absolute atomic E-state index is 0.0377. The molecule has 2 unspecified atom stereocenters. The van der Waals surface area contributed by atoms with Crippen LogP contribution < -0.4 is 16.1 Å². The van der Waals surface area contributed by atoms with E-state index >= 15 is 0 Å². The number of carbonyl (C=O) groups is 1. The van der Waals surface area contributed by atoms with Crippen LogP contribution in [0.25, 0.3) is 0 Å². The van der Waals surface area contributed by atoms with Gasteiger partial charge in [-0.05, 0) is 87.7 Å². The van der Waals surface area contributed by atoms with E-state index in [1.54, 1.807) is 7.11 Å². The molecule has 1 aliphatic heterocycles. The lowest BCUT2D eigenvalue weighted by Crippen LogP contribution is -2.51. The molecule has 1 aromatic carbocycles. The summed E-state index contributed by atoms with van der Waals surface area (Å²) >= 11 is -1.53. The number of hydrogen-bond donors (Lipinski definition) is 4. The number of anilines is 1. The maximum atomic E-state index is 13.7. The predicted octanol–water partition coefficient (Wildman–Crippen LogP) is 2.96. The average Bonchev–Trinajstić information content (AvgIpc) is 3.19. The maximum absolute atomic E-state index is 13.7. The quantitative estimate of drug-likeness (QED) is 0.302. The Kier molecular flexibility index (Phi) is 7.13. The topological polar surface area (TPSA) is 106 Å². The van der Waals surface area contributed by atoms with Crippen LogP contribution in [0.5, 0.6) is 0 Å². The lowest BCUT2D eigenvalue weighted by Gasteiger charge is -2.36. The van der Waals surface area contributed by atoms with Gasteiger partial charge < -0.3 is 19.9 Å². The average molecular weight is 450 g/mol. The first-order valence-electron chi connectivity index (χ1n) is 11.5. The Morgan fingerprint density at radius 3 is 2.42 bits per heavy atom. The van der Waals surface area contributed by atoms with Gasteiger partial charge in [-0.3, -0.25) is 10.0 Å². The van der Waals surface area contributed by atoms with Crippen molar-refractivity contribution in [3.63, 3.8) is 0 Å². The molecule has 2 atom stereocenters. The molecule has 1 spiro atoms. The third-order valence-electron chi connectivity index (χ3n) is 7.70. The first kappa shape index (κ1) is 22.9. The monoisotopic (exact) mass is 449 g/mol. The van der Waals surface area contributed by atoms with Crippen molar-refractivity contribution in [2.45, 2.75) is 79.6 Å². The second-order valence-electron chi connectivity index (χ2n) is 9.51. The molecule has 8 heteroatoms. The molecule has 7 nitrogen and oxygen atoms in total. The second kappa shape index (κ2) is 9.67. The molecule has 2 aliphatic carbocycles. The number of piperidine rings is 1. The van der Waals surface area contributed by atoms with Crippen molar-refractivity contribution in [1.82, 2.24) is 10.8 Å². The van der Waals surface area contributed by atoms with Gasteiger partial charge in [0.05, 0.1) is 6.10 Å². The molecular formula is C23H35N3O4S. The van der Waals surface area contributed by atoms with Crippen LogP contribution in [0.4, 0.5) is 5.69 Å². The molecule has 1 aromatic rings. The van der Waals surface area contributed by atoms with Crippen LogP contribution in [0.2, 0.25) is 0 Å². The molecule has 0 aromatic heterocycles. The van der Waals surface area contributed by atoms with E-state index in [-0.39, 0.29) is 5.41 Å². The minimum atomic E-state index is -1.53. The van der Waals surface area contributed by atoms with Gasteiger partial charge in [-0.25, -0.2) is 5.48 Å². The van der Waals surface area contributed by atoms with E-state index in [9.17, 15) is 14.6 Å². The zero-order chi connectivity index (χ0) is 21.9. The van der Waals surface area contributed by atoms with Gasteiger partial charge in [0, 0.05) is 42.9 Å². The van der Waals surface area contributed by atoms with Crippen LogP contribution >= 0.6 is 0 Å². The number of rotatable bonds is 6. The highest BCUT2D eigenvalue weighted by atomic mass is 32.2. The number of hydroxylamine groups is 1. The Hall–Kier alpha value is -1.32. The van der Waals surface area contributed by atoms with Gasteiger partial charge in [0.25, 0.3) is 5.91 Å². The minimum Gasteiger partial charge on any atom is -0.611 e. The van der Waals surface area contributed by atoms with Crippen molar-refractivity contribution in [2.75, 3.05) is 25.5 Å². The number of hydrogen-bond acceptors (Lipinski definition) is 6. The summed E-state index contributed by atoms with van der Waals surface area (Å²) < 4.78 is 18.0. The fourth-order valence-corrected chi connectivity index (χ4v) is 7.52. The van der Waals surface area contributed by atoms with Gasteiger partial charge >= 0.3 is 0 Å². The van der Waals surface area contributed by atoms with Gasteiger partial charge in [-0.15, -0.1) is 0 Å². The fourth-order valence-electron chi connectivity index (χ4n) is 5.75. The van der Waals surface area contributed by atoms with Gasteiger partial charge in [-0.2, -0.15) is 0 Å². The summed E-state index contributed by atoms with van der Waals surface area (Å²) in [6.07, 6.45) is 8.57. The predicted molar refractivity (Wildman–Crippen MR) is 121 cm³/mol. The molecule has 0 radical (unpaired) electrons. The maximum Gasteiger partial charge on any atom is 0.299 e. The van der Waals surface area contributed by atoms with Crippen LogP contribution in [0.15, 0.2) is 29.2 Å². The van der Waals surface area contributed by atoms with Crippen molar-refractivity contribution in [2.24, 2.45) is 5.41 Å². The highest BCUT2D eigenvalue weighted by molar-refractivity contribution is 7.93. The zero-order valence-electron chi connectivity index (χ0n) is 18.3. The molecule has 2 saturated carbocycles. The SMILES string of the molecule is COC1CCC(Nc2ccc([S+]([O-])C3(C(=O)NO)CCC4(CCNCC4)C3)cc2)CC1. The molecular weight excluding hydrogens is 414 g/mol. The molecule has 1 amide bonds. The highest BCUT2D eigenvalue weighted by Gasteiger charge is 2.60. The number of methoxy groups -OCH3 is 1. The number of benzene rings is 1. The summed E-state index contributed by atoms with van der Waals surface area (Å²) in [4.78, 5) is 13.4. The van der Waals surface area contributed by atoms with Gasteiger partial charge in [0.2, 0.25) is 4.75 Å². The van der Waals surface area contributed by atoms with E-state index in [0.29, 0.717) is 29.9 Å². The zero-order valence-corrected chi connectivity index (χ0v) is 19.1. The van der Waals surface area contributed by atoms with E-state index in [1.165, 1.54) is 0 Å². The summed E-state index contributed by atoms with van der Waals surface area (Å²) in [5.74, 6) is -0.515. The van der Waals surface area contributed by atoms with E-state index < -0.39 is 21.8 Å². The summed E-state index contributed by atoms with van der Waals surface area (Å²) in [7, 11) is 1.78. The van der Waals surface area contributed by atoms with Crippen molar-refractivity contribution in [3.05, 3.63) is 24.3 Å². The molecule has 4 rings (SSSR count). The fraction of sp³-hybridized carbons (Fsp3) is 0.696. The van der Waals surface area contributed by atoms with Crippen LogP contribution in [-0.4, -0.2) is 52.8 Å². The normalized spacial score (nSPS) is 31.3. The Morgan fingerprint density at radius 2 is 1.81 bits per heavy atom. The van der Waals surface area contributed by atoms with Crippen molar-refractivity contribution < 1.29 is 19.3 Å². The third-order valence-corrected chi connectivity index (χ3v) is 9.64. The Balaban J connectivity index is 1.45. The van der Waals surface area contributed by atoms with E-state index in [4.69, 9.17) is 4.74 Å². The molecule has 4 N–H and O–H groups in total. The smallest absolute Gasteiger partial charge is 0.299 e. The third kappa shape index (κ3) is 4.73. The Morgan fingerprint density at radius 1 is 1.13 bits per heavy atom. The van der Waals surface area contributed by atoms with E-state index in [1.807, 2.05) is 29.7 Å². The van der Waals surface area contributed by atoms with Crippen molar-refractivity contribution >= 4 is 22.8 Å². The highest BCUT2D eigenvalue weighted by Crippen LogP contribution is 2.54. The van der Waals surface area contributed by atoms with Crippen molar-refractivity contribution in [3.8, 4) is 0 Å². The Labute approximate surface area is 187 Å². The van der Waals surface area contributed by atoms with Gasteiger partial charge in [-0.1, -0.05) is 0 Å². The van der Waals surface area contributed by atoms with E-state index in [0.717, 1.165) is 63.7 Å². The van der Waals surface area contributed by atoms with Crippen LogP contribution in [0, 0.1) is 5.41 Å². The molecule has 172 valence electrons. The number of carbonyl (C=O) groups excluding carboxylic acids is 1. The molecule has 31 heavy (non-hydrogen) atoms. The first-order chi connectivity index (χ1) is 15.0. The van der Waals surface area contributed by atoms with Crippen LogP contribution in [0.3, 0.4) is 0 Å². The molecule has 3 aliphatic rings. The lowest BCUT2D eigenvalue weighted by molar-refractivity contribution is -0.132. The number of ether oxygens (including phenoxy) is 1. The molecule has 1 saturated heterocycles. The molecule has 0 bridgehead atoms. The van der Waals surface area contributed by atoms with Crippen molar-refractivity contribution in [1.29, 1.82) is 0 Å². The van der Waals surface area contributed by atoms with Crippen LogP contribution in [0.1, 0.15) is 57.8 Å². The summed E-state index contributed by atoms with van der Waals surface area (Å²) in [5.41, 5.74) is 2.87. The summed E-state index contributed by atoms with van der Waals surface area (Å²) in [6.45, 7) is 1.85. The lowest BCUT2D eigenvalue weighted by atomic mass is 9.77. The first-order valence-corrected chi connectivity index (χ1v) is 12.6. The number of nitrogens with one attached hydrogen (secondary N) is 3. The van der Waals surface area contributed by atoms with Crippen LogP contribution in [-0.2, 0) is 20.7 Å². The van der Waals surface area contributed by atoms with E-state index in [2.05, 4.69) is 10.6 Å². The summed E-state index contributed by atoms with van der Waals surface area (Å²) in [6, 6.07) is 8.05. The summed E-state index contributed by atoms with van der Waals surface area (Å²) in [5, 5.41) is 16.4. The molecule has 3 fully saturated rings. The number of amides is 1. The van der Waals surface area contributed by atoms with Gasteiger partial charge in [0.1, 0.15) is 0 Å². The largest absolute Gasteiger partial charge is 0.611 e.